The van der Waals surface area contributed by atoms with E-state index in [0.29, 0.717) is 25.2 Å². The highest BCUT2D eigenvalue weighted by Crippen LogP contribution is 2.30. The van der Waals surface area contributed by atoms with E-state index in [0.717, 1.165) is 31.4 Å². The molecule has 128 valence electrons. The number of hydrogen-bond acceptors (Lipinski definition) is 3. The first kappa shape index (κ1) is 18.1. The van der Waals surface area contributed by atoms with Crippen LogP contribution >= 0.6 is 0 Å². The van der Waals surface area contributed by atoms with Crippen molar-refractivity contribution >= 4 is 5.97 Å². The molecule has 0 heterocycles. The summed E-state index contributed by atoms with van der Waals surface area (Å²) >= 11 is 0. The maximum absolute atomic E-state index is 13.1. The monoisotopic (exact) mass is 337 g/mol. The molecule has 0 saturated heterocycles. The van der Waals surface area contributed by atoms with E-state index < -0.39 is 23.4 Å². The summed E-state index contributed by atoms with van der Waals surface area (Å²) in [7, 11) is 0. The molecule has 0 N–H and O–H groups in total. The minimum atomic E-state index is -1.08. The van der Waals surface area contributed by atoms with Gasteiger partial charge in [0.2, 0.25) is 0 Å². The number of carbonyl (C=O) groups is 1. The second kappa shape index (κ2) is 8.53. The van der Waals surface area contributed by atoms with Crippen LogP contribution in [-0.4, -0.2) is 12.1 Å². The lowest BCUT2D eigenvalue weighted by Gasteiger charge is -2.28. The molecular weight excluding hydrogens is 319 g/mol. The molecule has 1 fully saturated rings. The predicted molar refractivity (Wildman–Crippen MR) is 81.6 cm³/mol. The molecule has 0 radical (unpaired) electrons. The van der Waals surface area contributed by atoms with Gasteiger partial charge in [0, 0.05) is 0 Å². The van der Waals surface area contributed by atoms with Crippen LogP contribution in [0.15, 0.2) is 30.1 Å². The lowest BCUT2D eigenvalue weighted by atomic mass is 9.84. The first-order chi connectivity index (χ1) is 11.5. The van der Waals surface area contributed by atoms with Crippen molar-refractivity contribution in [3.8, 4) is 6.07 Å². The SMILES string of the molecule is N#C/C(F)=C/CC[C@H]1CC[C@H](OC(=O)c2ccc(F)c(F)c2)CC1. The van der Waals surface area contributed by atoms with Gasteiger partial charge in [-0.05, 0) is 68.7 Å². The molecule has 1 aliphatic rings. The summed E-state index contributed by atoms with van der Waals surface area (Å²) in [4.78, 5) is 11.9. The Kier molecular flexibility index (Phi) is 6.42. The number of ether oxygens (including phenoxy) is 1. The number of allylic oxidation sites excluding steroid dienone is 2. The number of hydrogen-bond donors (Lipinski definition) is 0. The lowest BCUT2D eigenvalue weighted by molar-refractivity contribution is 0.0162. The number of halogens is 3. The maximum atomic E-state index is 13.1. The van der Waals surface area contributed by atoms with Crippen molar-refractivity contribution in [2.45, 2.75) is 44.6 Å². The number of nitrogens with zero attached hydrogens (tertiary/aromatic N) is 1. The van der Waals surface area contributed by atoms with Crippen molar-refractivity contribution in [3.05, 3.63) is 47.3 Å². The number of esters is 1. The zero-order chi connectivity index (χ0) is 17.5. The Labute approximate surface area is 138 Å². The van der Waals surface area contributed by atoms with Crippen LogP contribution in [0.4, 0.5) is 13.2 Å². The molecular formula is C18H18F3NO2. The predicted octanol–water partition coefficient (Wildman–Crippen LogP) is 4.84. The zero-order valence-electron chi connectivity index (χ0n) is 13.1. The Morgan fingerprint density at radius 3 is 2.58 bits per heavy atom. The molecule has 0 unspecified atom stereocenters. The van der Waals surface area contributed by atoms with Crippen LogP contribution in [0.25, 0.3) is 0 Å². The molecule has 0 bridgehead atoms. The molecule has 6 heteroatoms. The summed E-state index contributed by atoms with van der Waals surface area (Å²) in [6.45, 7) is 0. The van der Waals surface area contributed by atoms with E-state index in [1.54, 1.807) is 0 Å². The van der Waals surface area contributed by atoms with Gasteiger partial charge in [0.1, 0.15) is 12.2 Å². The third-order valence-electron chi connectivity index (χ3n) is 4.23. The first-order valence-corrected chi connectivity index (χ1v) is 7.91. The van der Waals surface area contributed by atoms with Gasteiger partial charge in [0.25, 0.3) is 0 Å². The molecule has 1 aromatic rings. The molecule has 1 saturated carbocycles. The first-order valence-electron chi connectivity index (χ1n) is 7.91. The van der Waals surface area contributed by atoms with Crippen LogP contribution in [0, 0.1) is 28.9 Å². The van der Waals surface area contributed by atoms with E-state index >= 15 is 0 Å². The van der Waals surface area contributed by atoms with Crippen molar-refractivity contribution in [2.24, 2.45) is 5.92 Å². The van der Waals surface area contributed by atoms with E-state index in [2.05, 4.69) is 0 Å². The Bertz CT molecular complexity index is 659. The fourth-order valence-corrected chi connectivity index (χ4v) is 2.87. The highest BCUT2D eigenvalue weighted by Gasteiger charge is 2.24. The molecule has 1 aliphatic carbocycles. The highest BCUT2D eigenvalue weighted by molar-refractivity contribution is 5.89. The highest BCUT2D eigenvalue weighted by atomic mass is 19.2. The second-order valence-corrected chi connectivity index (χ2v) is 5.92. The molecule has 1 aromatic carbocycles. The third kappa shape index (κ3) is 5.12. The van der Waals surface area contributed by atoms with Gasteiger partial charge < -0.3 is 4.74 Å². The van der Waals surface area contributed by atoms with Crippen LogP contribution in [0.5, 0.6) is 0 Å². The molecule has 24 heavy (non-hydrogen) atoms. The minimum Gasteiger partial charge on any atom is -0.459 e. The van der Waals surface area contributed by atoms with E-state index in [4.69, 9.17) is 10.00 Å². The standard InChI is InChI=1S/C18H18F3NO2/c19-14(11-22)3-1-2-12-4-7-15(8-5-12)24-18(23)13-6-9-16(20)17(21)10-13/h3,6,9-10,12,15H,1-2,4-5,7-8H2/b14-3-/t12-,15-. The van der Waals surface area contributed by atoms with E-state index in [1.807, 2.05) is 0 Å². The Morgan fingerprint density at radius 1 is 1.25 bits per heavy atom. The van der Waals surface area contributed by atoms with Crippen molar-refractivity contribution < 1.29 is 22.7 Å². The largest absolute Gasteiger partial charge is 0.459 e. The van der Waals surface area contributed by atoms with Crippen molar-refractivity contribution in [1.29, 1.82) is 5.26 Å². The van der Waals surface area contributed by atoms with E-state index in [1.165, 1.54) is 18.2 Å². The molecule has 0 amide bonds. The number of carbonyl (C=O) groups excluding carboxylic acids is 1. The summed E-state index contributed by atoms with van der Waals surface area (Å²) in [5, 5.41) is 8.33. The van der Waals surface area contributed by atoms with Gasteiger partial charge in [0.15, 0.2) is 17.5 Å². The molecule has 0 aromatic heterocycles. The molecule has 0 spiro atoms. The van der Waals surface area contributed by atoms with E-state index in [-0.39, 0.29) is 11.7 Å². The number of rotatable bonds is 5. The summed E-state index contributed by atoms with van der Waals surface area (Å²) in [5.41, 5.74) is -0.00635. The zero-order valence-corrected chi connectivity index (χ0v) is 13.1. The van der Waals surface area contributed by atoms with Crippen LogP contribution in [0.1, 0.15) is 48.9 Å². The van der Waals surface area contributed by atoms with Gasteiger partial charge >= 0.3 is 5.97 Å². The van der Waals surface area contributed by atoms with Crippen molar-refractivity contribution in [3.63, 3.8) is 0 Å². The molecule has 3 nitrogen and oxygen atoms in total. The van der Waals surface area contributed by atoms with Crippen LogP contribution in [-0.2, 0) is 4.74 Å². The van der Waals surface area contributed by atoms with Gasteiger partial charge in [-0.3, -0.25) is 0 Å². The average molecular weight is 337 g/mol. The number of nitriles is 1. The fourth-order valence-electron chi connectivity index (χ4n) is 2.87. The summed E-state index contributed by atoms with van der Waals surface area (Å²) in [6, 6.07) is 4.37. The van der Waals surface area contributed by atoms with Crippen LogP contribution in [0.3, 0.4) is 0 Å². The lowest BCUT2D eigenvalue weighted by Crippen LogP contribution is -2.24. The Balaban J connectivity index is 1.77. The summed E-state index contributed by atoms with van der Waals surface area (Å²) in [6.07, 6.45) is 5.41. The second-order valence-electron chi connectivity index (χ2n) is 5.92. The summed E-state index contributed by atoms with van der Waals surface area (Å²) < 4.78 is 44.0. The average Bonchev–Trinajstić information content (AvgIpc) is 2.58. The van der Waals surface area contributed by atoms with Gasteiger partial charge in [-0.15, -0.1) is 0 Å². The van der Waals surface area contributed by atoms with E-state index in [9.17, 15) is 18.0 Å². The topological polar surface area (TPSA) is 50.1 Å². The van der Waals surface area contributed by atoms with Gasteiger partial charge in [-0.1, -0.05) is 0 Å². The third-order valence-corrected chi connectivity index (χ3v) is 4.23. The normalized spacial score (nSPS) is 21.2. The number of benzene rings is 1. The van der Waals surface area contributed by atoms with Crippen molar-refractivity contribution in [2.75, 3.05) is 0 Å². The molecule has 0 atom stereocenters. The van der Waals surface area contributed by atoms with Crippen LogP contribution < -0.4 is 0 Å². The van der Waals surface area contributed by atoms with Gasteiger partial charge in [-0.25, -0.2) is 13.6 Å². The Hall–Kier alpha value is -2.29. The Morgan fingerprint density at radius 2 is 1.96 bits per heavy atom. The summed E-state index contributed by atoms with van der Waals surface area (Å²) in [5.74, 6) is -3.09. The molecule has 2 rings (SSSR count). The quantitative estimate of drug-likeness (QED) is 0.571. The fraction of sp³-hybridized carbons (Fsp3) is 0.444. The van der Waals surface area contributed by atoms with Gasteiger partial charge in [0.05, 0.1) is 5.56 Å². The smallest absolute Gasteiger partial charge is 0.338 e. The maximum Gasteiger partial charge on any atom is 0.338 e. The van der Waals surface area contributed by atoms with Crippen LogP contribution in [0.2, 0.25) is 0 Å². The van der Waals surface area contributed by atoms with Crippen molar-refractivity contribution in [1.82, 2.24) is 0 Å². The van der Waals surface area contributed by atoms with Gasteiger partial charge in [-0.2, -0.15) is 9.65 Å². The molecule has 0 aliphatic heterocycles. The minimum absolute atomic E-state index is 0.00635.